The average molecular weight is 304 g/mol. The van der Waals surface area contributed by atoms with Crippen LogP contribution >= 0.6 is 11.6 Å². The molecule has 0 aromatic heterocycles. The summed E-state index contributed by atoms with van der Waals surface area (Å²) in [5.41, 5.74) is 1.71. The van der Waals surface area contributed by atoms with E-state index in [4.69, 9.17) is 21.1 Å². The fourth-order valence-corrected chi connectivity index (χ4v) is 2.03. The molecule has 110 valence electrons. The Balaban J connectivity index is 2.18. The summed E-state index contributed by atoms with van der Waals surface area (Å²) in [6, 6.07) is 13.1. The van der Waals surface area contributed by atoms with Crippen LogP contribution in [0.2, 0.25) is 5.02 Å². The smallest absolute Gasteiger partial charge is 0.128 e. The third kappa shape index (κ3) is 4.50. The van der Waals surface area contributed by atoms with Crippen molar-refractivity contribution >= 4 is 23.5 Å². The first kappa shape index (κ1) is 15.4. The first-order chi connectivity index (χ1) is 10.2. The lowest BCUT2D eigenvalue weighted by Gasteiger charge is -2.07. The molecule has 0 N–H and O–H groups in total. The molecule has 2 aromatic rings. The summed E-state index contributed by atoms with van der Waals surface area (Å²) in [6.45, 7) is 5.16. The molecule has 0 radical (unpaired) electrons. The molecule has 2 aromatic carbocycles. The van der Waals surface area contributed by atoms with Crippen LogP contribution in [0.4, 0.5) is 5.69 Å². The van der Waals surface area contributed by atoms with Crippen LogP contribution in [0.1, 0.15) is 19.4 Å². The molecule has 0 amide bonds. The zero-order valence-corrected chi connectivity index (χ0v) is 12.9. The van der Waals surface area contributed by atoms with Gasteiger partial charge in [-0.05, 0) is 56.3 Å². The molecule has 0 heterocycles. The number of halogens is 1. The molecule has 0 aliphatic heterocycles. The lowest BCUT2D eigenvalue weighted by atomic mass is 10.2. The minimum Gasteiger partial charge on any atom is -0.494 e. The van der Waals surface area contributed by atoms with E-state index in [0.717, 1.165) is 22.7 Å². The van der Waals surface area contributed by atoms with Crippen molar-refractivity contribution in [2.24, 2.45) is 4.99 Å². The first-order valence-electron chi connectivity index (χ1n) is 6.92. The van der Waals surface area contributed by atoms with Gasteiger partial charge in [0.05, 0.1) is 18.9 Å². The van der Waals surface area contributed by atoms with Crippen LogP contribution in [0.15, 0.2) is 47.5 Å². The highest BCUT2D eigenvalue weighted by Gasteiger charge is 2.02. The van der Waals surface area contributed by atoms with Gasteiger partial charge in [0.2, 0.25) is 0 Å². The summed E-state index contributed by atoms with van der Waals surface area (Å²) >= 11 is 6.02. The minimum atomic E-state index is 0.603. The lowest BCUT2D eigenvalue weighted by molar-refractivity contribution is 0.339. The van der Waals surface area contributed by atoms with Crippen LogP contribution in [0, 0.1) is 0 Å². The van der Waals surface area contributed by atoms with E-state index >= 15 is 0 Å². The van der Waals surface area contributed by atoms with Crippen molar-refractivity contribution in [2.75, 3.05) is 13.2 Å². The molecule has 0 aliphatic rings. The Morgan fingerprint density at radius 3 is 2.38 bits per heavy atom. The van der Waals surface area contributed by atoms with Crippen molar-refractivity contribution in [1.29, 1.82) is 0 Å². The molecule has 0 bridgehead atoms. The second-order valence-corrected chi connectivity index (χ2v) is 4.74. The Kier molecular flexibility index (Phi) is 5.64. The van der Waals surface area contributed by atoms with E-state index in [9.17, 15) is 0 Å². The lowest BCUT2D eigenvalue weighted by Crippen LogP contribution is -1.95. The number of hydrogen-bond acceptors (Lipinski definition) is 3. The van der Waals surface area contributed by atoms with Crippen LogP contribution in [0.25, 0.3) is 0 Å². The molecule has 2 rings (SSSR count). The van der Waals surface area contributed by atoms with Crippen LogP contribution in [0.5, 0.6) is 11.5 Å². The normalized spacial score (nSPS) is 10.8. The molecule has 4 heteroatoms. The van der Waals surface area contributed by atoms with Gasteiger partial charge in [0.1, 0.15) is 11.5 Å². The van der Waals surface area contributed by atoms with Crippen molar-refractivity contribution in [2.45, 2.75) is 13.8 Å². The Hall–Kier alpha value is -2.00. The van der Waals surface area contributed by atoms with Gasteiger partial charge in [0.15, 0.2) is 0 Å². The Morgan fingerprint density at radius 2 is 1.71 bits per heavy atom. The second-order valence-electron chi connectivity index (χ2n) is 4.30. The molecule has 0 unspecified atom stereocenters. The average Bonchev–Trinajstić information content (AvgIpc) is 2.49. The van der Waals surface area contributed by atoms with Crippen LogP contribution < -0.4 is 9.47 Å². The fourth-order valence-electron chi connectivity index (χ4n) is 1.85. The molecule has 0 atom stereocenters. The third-order valence-electron chi connectivity index (χ3n) is 2.77. The van der Waals surface area contributed by atoms with E-state index in [1.807, 2.05) is 50.2 Å². The van der Waals surface area contributed by atoms with Gasteiger partial charge in [0.25, 0.3) is 0 Å². The van der Waals surface area contributed by atoms with E-state index < -0.39 is 0 Å². The Morgan fingerprint density at radius 1 is 1.00 bits per heavy atom. The molecular weight excluding hydrogens is 286 g/mol. The van der Waals surface area contributed by atoms with Crippen molar-refractivity contribution in [3.63, 3.8) is 0 Å². The van der Waals surface area contributed by atoms with E-state index in [2.05, 4.69) is 4.99 Å². The zero-order chi connectivity index (χ0) is 15.1. The molecule has 21 heavy (non-hydrogen) atoms. The van der Waals surface area contributed by atoms with Gasteiger partial charge in [-0.25, -0.2) is 0 Å². The van der Waals surface area contributed by atoms with E-state index in [0.29, 0.717) is 18.2 Å². The maximum absolute atomic E-state index is 6.02. The first-order valence-corrected chi connectivity index (χ1v) is 7.30. The summed E-state index contributed by atoms with van der Waals surface area (Å²) in [5.74, 6) is 1.62. The molecule has 0 saturated carbocycles. The van der Waals surface area contributed by atoms with E-state index in [1.54, 1.807) is 12.3 Å². The second kappa shape index (κ2) is 7.70. The topological polar surface area (TPSA) is 30.8 Å². The SMILES string of the molecule is CCOc1ccc(N=Cc2cc(Cl)ccc2OCC)cc1. The van der Waals surface area contributed by atoms with Gasteiger partial charge < -0.3 is 9.47 Å². The number of benzene rings is 2. The summed E-state index contributed by atoms with van der Waals surface area (Å²) < 4.78 is 11.0. The Labute approximate surface area is 130 Å². The molecule has 0 fully saturated rings. The van der Waals surface area contributed by atoms with Crippen molar-refractivity contribution in [3.8, 4) is 11.5 Å². The summed E-state index contributed by atoms with van der Waals surface area (Å²) in [5, 5.41) is 0.659. The number of nitrogens with zero attached hydrogens (tertiary/aromatic N) is 1. The van der Waals surface area contributed by atoms with Gasteiger partial charge >= 0.3 is 0 Å². The van der Waals surface area contributed by atoms with Gasteiger partial charge in [0, 0.05) is 16.8 Å². The highest BCUT2D eigenvalue weighted by molar-refractivity contribution is 6.30. The van der Waals surface area contributed by atoms with Crippen LogP contribution in [-0.2, 0) is 0 Å². The van der Waals surface area contributed by atoms with Crippen LogP contribution in [0.3, 0.4) is 0 Å². The largest absolute Gasteiger partial charge is 0.494 e. The van der Waals surface area contributed by atoms with Crippen LogP contribution in [-0.4, -0.2) is 19.4 Å². The number of aliphatic imine (C=N–C) groups is 1. The maximum atomic E-state index is 6.02. The molecule has 3 nitrogen and oxygen atoms in total. The predicted octanol–water partition coefficient (Wildman–Crippen LogP) is 4.89. The molecule has 0 spiro atoms. The van der Waals surface area contributed by atoms with Gasteiger partial charge in [-0.15, -0.1) is 0 Å². The molecular formula is C17H18ClNO2. The number of hydrogen-bond donors (Lipinski definition) is 0. The van der Waals surface area contributed by atoms with Crippen molar-refractivity contribution in [1.82, 2.24) is 0 Å². The van der Waals surface area contributed by atoms with Crippen molar-refractivity contribution in [3.05, 3.63) is 53.1 Å². The molecule has 0 saturated heterocycles. The maximum Gasteiger partial charge on any atom is 0.128 e. The highest BCUT2D eigenvalue weighted by atomic mass is 35.5. The summed E-state index contributed by atoms with van der Waals surface area (Å²) in [7, 11) is 0. The predicted molar refractivity (Wildman–Crippen MR) is 87.5 cm³/mol. The van der Waals surface area contributed by atoms with Crippen molar-refractivity contribution < 1.29 is 9.47 Å². The Bertz CT molecular complexity index is 609. The standard InChI is InChI=1S/C17H18ClNO2/c1-3-20-16-8-6-15(7-9-16)19-12-13-11-14(18)5-10-17(13)21-4-2/h5-12H,3-4H2,1-2H3. The number of ether oxygens (including phenoxy) is 2. The highest BCUT2D eigenvalue weighted by Crippen LogP contribution is 2.23. The van der Waals surface area contributed by atoms with E-state index in [1.165, 1.54) is 0 Å². The number of rotatable bonds is 6. The van der Waals surface area contributed by atoms with Gasteiger partial charge in [-0.1, -0.05) is 11.6 Å². The molecule has 0 aliphatic carbocycles. The third-order valence-corrected chi connectivity index (χ3v) is 3.01. The summed E-state index contributed by atoms with van der Waals surface area (Å²) in [4.78, 5) is 4.44. The van der Waals surface area contributed by atoms with E-state index in [-0.39, 0.29) is 0 Å². The van der Waals surface area contributed by atoms with Gasteiger partial charge in [-0.2, -0.15) is 0 Å². The van der Waals surface area contributed by atoms with Gasteiger partial charge in [-0.3, -0.25) is 4.99 Å². The minimum absolute atomic E-state index is 0.603. The summed E-state index contributed by atoms with van der Waals surface area (Å²) in [6.07, 6.45) is 1.76. The quantitative estimate of drug-likeness (QED) is 0.711. The fraction of sp³-hybridized carbons (Fsp3) is 0.235. The zero-order valence-electron chi connectivity index (χ0n) is 12.2. The monoisotopic (exact) mass is 303 g/mol.